The average molecular weight is 493 g/mol. The molecule has 0 aliphatic carbocycles. The number of nitrogen functional groups attached to an aromatic ring is 1. The lowest BCUT2D eigenvalue weighted by atomic mass is 9.95. The molecule has 2 aliphatic rings. The van der Waals surface area contributed by atoms with Gasteiger partial charge in [-0.1, -0.05) is 0 Å². The lowest BCUT2D eigenvalue weighted by Crippen LogP contribution is -2.36. The summed E-state index contributed by atoms with van der Waals surface area (Å²) in [5, 5.41) is 0. The number of anilines is 2. The minimum absolute atomic E-state index is 0.103. The Morgan fingerprint density at radius 3 is 2.56 bits per heavy atom. The molecule has 2 aromatic heterocycles. The monoisotopic (exact) mass is 492 g/mol. The number of hydrogen-bond donors (Lipinski definition) is 2. The maximum absolute atomic E-state index is 13.9. The smallest absolute Gasteiger partial charge is 0.256 e. The first-order chi connectivity index (χ1) is 17.4. The quantitative estimate of drug-likeness (QED) is 0.520. The van der Waals surface area contributed by atoms with E-state index in [1.165, 1.54) is 25.2 Å². The zero-order valence-electron chi connectivity index (χ0n) is 20.7. The van der Waals surface area contributed by atoms with E-state index in [1.54, 1.807) is 13.0 Å². The molecule has 36 heavy (non-hydrogen) atoms. The molecule has 0 unspecified atom stereocenters. The standard InChI is InChI=1S/C26H33FN8O/c1-17-14-19(4-5-20(17)27)21-15-35(13-12-33-8-2-3-9-33)25(32-21)18-6-10-34(11-7-18)26-22(24(29)36)23(28)30-16-31-26/h4-5,14-16,18H,2-3,6-13H2,1H3,(H2,29,36)(H2,28,30,31). The summed E-state index contributed by atoms with van der Waals surface area (Å²) in [6.45, 7) is 7.34. The van der Waals surface area contributed by atoms with Crippen LogP contribution in [-0.4, -0.2) is 63.0 Å². The molecule has 0 spiro atoms. The summed E-state index contributed by atoms with van der Waals surface area (Å²) < 4.78 is 16.2. The number of carbonyl (C=O) groups excluding carboxylic acids is 1. The number of aromatic nitrogens is 4. The van der Waals surface area contributed by atoms with Crippen molar-refractivity contribution in [3.8, 4) is 11.3 Å². The van der Waals surface area contributed by atoms with E-state index in [-0.39, 0.29) is 23.1 Å². The Morgan fingerprint density at radius 2 is 1.86 bits per heavy atom. The fourth-order valence-corrected chi connectivity index (χ4v) is 5.35. The SMILES string of the molecule is Cc1cc(-c2cn(CCN3CCCC3)c(C3CCN(c4ncnc(N)c4C(N)=O)CC3)n2)ccc1F. The van der Waals surface area contributed by atoms with Crippen molar-refractivity contribution in [1.82, 2.24) is 24.4 Å². The number of imidazole rings is 1. The fraction of sp³-hybridized carbons (Fsp3) is 0.462. The summed E-state index contributed by atoms with van der Waals surface area (Å²) in [6, 6.07) is 5.17. The summed E-state index contributed by atoms with van der Waals surface area (Å²) in [5.41, 5.74) is 14.1. The molecule has 9 nitrogen and oxygen atoms in total. The fourth-order valence-electron chi connectivity index (χ4n) is 5.35. The van der Waals surface area contributed by atoms with Crippen LogP contribution < -0.4 is 16.4 Å². The Hall–Kier alpha value is -3.53. The summed E-state index contributed by atoms with van der Waals surface area (Å²) >= 11 is 0. The van der Waals surface area contributed by atoms with E-state index in [4.69, 9.17) is 16.5 Å². The van der Waals surface area contributed by atoms with Crippen molar-refractivity contribution in [2.75, 3.05) is 43.4 Å². The van der Waals surface area contributed by atoms with Gasteiger partial charge in [0.15, 0.2) is 0 Å². The lowest BCUT2D eigenvalue weighted by molar-refractivity contribution is 0.100. The van der Waals surface area contributed by atoms with Crippen LogP contribution in [0.3, 0.4) is 0 Å². The van der Waals surface area contributed by atoms with Gasteiger partial charge in [-0.05, 0) is 69.5 Å². The van der Waals surface area contributed by atoms with Gasteiger partial charge in [-0.25, -0.2) is 19.3 Å². The molecule has 0 saturated carbocycles. The van der Waals surface area contributed by atoms with Gasteiger partial charge in [-0.2, -0.15) is 0 Å². The molecule has 0 atom stereocenters. The van der Waals surface area contributed by atoms with Gasteiger partial charge in [0, 0.05) is 43.9 Å². The van der Waals surface area contributed by atoms with E-state index in [0.717, 1.165) is 56.1 Å². The largest absolute Gasteiger partial charge is 0.383 e. The van der Waals surface area contributed by atoms with Crippen LogP contribution in [0.25, 0.3) is 11.3 Å². The predicted molar refractivity (Wildman–Crippen MR) is 137 cm³/mol. The van der Waals surface area contributed by atoms with Gasteiger partial charge in [0.2, 0.25) is 0 Å². The number of primary amides is 1. The molecule has 190 valence electrons. The highest BCUT2D eigenvalue weighted by atomic mass is 19.1. The number of likely N-dealkylation sites (tertiary alicyclic amines) is 1. The third kappa shape index (κ3) is 4.90. The number of benzene rings is 1. The van der Waals surface area contributed by atoms with Gasteiger partial charge in [-0.3, -0.25) is 4.79 Å². The maximum atomic E-state index is 13.9. The molecule has 2 saturated heterocycles. The van der Waals surface area contributed by atoms with Crippen LogP contribution >= 0.6 is 0 Å². The normalized spacial score (nSPS) is 17.1. The molecule has 0 radical (unpaired) electrons. The van der Waals surface area contributed by atoms with Crippen LogP contribution in [-0.2, 0) is 6.54 Å². The highest BCUT2D eigenvalue weighted by Crippen LogP contribution is 2.33. The van der Waals surface area contributed by atoms with Gasteiger partial charge in [0.05, 0.1) is 5.69 Å². The van der Waals surface area contributed by atoms with E-state index in [2.05, 4.69) is 30.5 Å². The third-order valence-corrected chi connectivity index (χ3v) is 7.38. The van der Waals surface area contributed by atoms with Crippen molar-refractivity contribution in [2.45, 2.75) is 45.1 Å². The molecule has 10 heteroatoms. The van der Waals surface area contributed by atoms with Crippen LogP contribution in [0.15, 0.2) is 30.7 Å². The van der Waals surface area contributed by atoms with Crippen LogP contribution in [0.4, 0.5) is 16.0 Å². The second kappa shape index (κ2) is 10.2. The first kappa shape index (κ1) is 24.2. The number of halogens is 1. The number of hydrogen-bond acceptors (Lipinski definition) is 7. The minimum atomic E-state index is -0.623. The van der Waals surface area contributed by atoms with E-state index >= 15 is 0 Å². The predicted octanol–water partition coefficient (Wildman–Crippen LogP) is 2.95. The number of rotatable bonds is 7. The molecule has 4 N–H and O–H groups in total. The van der Waals surface area contributed by atoms with Gasteiger partial charge >= 0.3 is 0 Å². The summed E-state index contributed by atoms with van der Waals surface area (Å²) in [4.78, 5) is 29.8. The molecule has 2 aliphatic heterocycles. The van der Waals surface area contributed by atoms with Gasteiger partial charge in [-0.15, -0.1) is 0 Å². The van der Waals surface area contributed by atoms with E-state index in [1.807, 2.05) is 6.07 Å². The first-order valence-corrected chi connectivity index (χ1v) is 12.6. The topological polar surface area (TPSA) is 119 Å². The summed E-state index contributed by atoms with van der Waals surface area (Å²) in [6.07, 6.45) is 7.70. The Balaban J connectivity index is 1.38. The van der Waals surface area contributed by atoms with Crippen LogP contribution in [0, 0.1) is 12.7 Å². The lowest BCUT2D eigenvalue weighted by Gasteiger charge is -2.33. The molecule has 1 amide bonds. The molecule has 3 aromatic rings. The number of nitrogens with two attached hydrogens (primary N) is 2. The van der Waals surface area contributed by atoms with Crippen LogP contribution in [0.5, 0.6) is 0 Å². The Kier molecular flexibility index (Phi) is 6.86. The van der Waals surface area contributed by atoms with Crippen LogP contribution in [0.1, 0.15) is 53.3 Å². The second-order valence-electron chi connectivity index (χ2n) is 9.77. The van der Waals surface area contributed by atoms with E-state index in [9.17, 15) is 9.18 Å². The Morgan fingerprint density at radius 1 is 1.11 bits per heavy atom. The average Bonchev–Trinajstić information content (AvgIpc) is 3.54. The van der Waals surface area contributed by atoms with Crippen molar-refractivity contribution in [1.29, 1.82) is 0 Å². The summed E-state index contributed by atoms with van der Waals surface area (Å²) in [5.74, 6) is 1.08. The van der Waals surface area contributed by atoms with Crippen molar-refractivity contribution in [2.24, 2.45) is 5.73 Å². The number of carbonyl (C=O) groups is 1. The second-order valence-corrected chi connectivity index (χ2v) is 9.77. The van der Waals surface area contributed by atoms with Crippen molar-refractivity contribution < 1.29 is 9.18 Å². The number of nitrogens with zero attached hydrogens (tertiary/aromatic N) is 6. The highest BCUT2D eigenvalue weighted by molar-refractivity contribution is 6.01. The zero-order chi connectivity index (χ0) is 25.2. The van der Waals surface area contributed by atoms with Crippen molar-refractivity contribution in [3.63, 3.8) is 0 Å². The number of amides is 1. The Bertz CT molecular complexity index is 1240. The van der Waals surface area contributed by atoms with Crippen LogP contribution in [0.2, 0.25) is 0 Å². The maximum Gasteiger partial charge on any atom is 0.256 e. The number of piperidine rings is 1. The molecule has 5 rings (SSSR count). The zero-order valence-corrected chi connectivity index (χ0v) is 20.7. The third-order valence-electron chi connectivity index (χ3n) is 7.38. The van der Waals surface area contributed by atoms with E-state index < -0.39 is 5.91 Å². The van der Waals surface area contributed by atoms with E-state index in [0.29, 0.717) is 24.5 Å². The molecule has 0 bridgehead atoms. The van der Waals surface area contributed by atoms with Gasteiger partial charge in [0.25, 0.3) is 5.91 Å². The molecule has 2 fully saturated rings. The minimum Gasteiger partial charge on any atom is -0.383 e. The first-order valence-electron chi connectivity index (χ1n) is 12.6. The summed E-state index contributed by atoms with van der Waals surface area (Å²) in [7, 11) is 0. The molecular weight excluding hydrogens is 459 g/mol. The van der Waals surface area contributed by atoms with Crippen molar-refractivity contribution in [3.05, 3.63) is 53.5 Å². The molecular formula is C26H33FN8O. The van der Waals surface area contributed by atoms with Gasteiger partial charge < -0.3 is 25.8 Å². The molecule has 4 heterocycles. The van der Waals surface area contributed by atoms with Gasteiger partial charge in [0.1, 0.15) is 35.2 Å². The number of aryl methyl sites for hydroxylation is 1. The Labute approximate surface area is 210 Å². The van der Waals surface area contributed by atoms with Crippen molar-refractivity contribution >= 4 is 17.5 Å². The molecule has 1 aromatic carbocycles. The highest BCUT2D eigenvalue weighted by Gasteiger charge is 2.29.